The maximum absolute atomic E-state index is 5.61. The Morgan fingerprint density at radius 1 is 1.47 bits per heavy atom. The van der Waals surface area contributed by atoms with Crippen LogP contribution in [0.4, 0.5) is 11.8 Å². The van der Waals surface area contributed by atoms with E-state index in [0.29, 0.717) is 16.4 Å². The molecule has 0 aliphatic heterocycles. The zero-order valence-corrected chi connectivity index (χ0v) is 10.9. The van der Waals surface area contributed by atoms with Crippen LogP contribution in [0.5, 0.6) is 0 Å². The summed E-state index contributed by atoms with van der Waals surface area (Å²) in [6.45, 7) is 7.39. The predicted molar refractivity (Wildman–Crippen MR) is 66.7 cm³/mol. The van der Waals surface area contributed by atoms with Gasteiger partial charge in [0.2, 0.25) is 5.95 Å². The van der Waals surface area contributed by atoms with E-state index in [0.717, 1.165) is 13.0 Å². The van der Waals surface area contributed by atoms with E-state index in [1.165, 1.54) is 0 Å². The van der Waals surface area contributed by atoms with Gasteiger partial charge < -0.3 is 11.1 Å². The molecule has 3 N–H and O–H groups in total. The lowest BCUT2D eigenvalue weighted by Crippen LogP contribution is -2.23. The molecule has 0 amide bonds. The van der Waals surface area contributed by atoms with Crippen LogP contribution in [0.3, 0.4) is 0 Å². The molecule has 0 fully saturated rings. The van der Waals surface area contributed by atoms with E-state index in [1.807, 2.05) is 0 Å². The standard InChI is InChI=1S/C10H17BrN4/c1-4-10(2,3)6-13-9-14-7(11)5-8(12)15-9/h5H,4,6H2,1-3H3,(H3,12,13,14,15). The van der Waals surface area contributed by atoms with Gasteiger partial charge >= 0.3 is 0 Å². The Morgan fingerprint density at radius 3 is 2.67 bits per heavy atom. The Bertz CT molecular complexity index is 318. The summed E-state index contributed by atoms with van der Waals surface area (Å²) in [7, 11) is 0. The first-order valence-electron chi connectivity index (χ1n) is 4.97. The first-order valence-corrected chi connectivity index (χ1v) is 5.76. The number of hydrogen-bond donors (Lipinski definition) is 2. The summed E-state index contributed by atoms with van der Waals surface area (Å²) in [5, 5.41) is 3.19. The van der Waals surface area contributed by atoms with Crippen LogP contribution in [-0.4, -0.2) is 16.5 Å². The average Bonchev–Trinajstić information content (AvgIpc) is 2.14. The first kappa shape index (κ1) is 12.2. The minimum absolute atomic E-state index is 0.237. The third kappa shape index (κ3) is 4.03. The Morgan fingerprint density at radius 2 is 2.13 bits per heavy atom. The number of hydrogen-bond acceptors (Lipinski definition) is 4. The lowest BCUT2D eigenvalue weighted by atomic mass is 9.90. The summed E-state index contributed by atoms with van der Waals surface area (Å²) in [6.07, 6.45) is 1.10. The van der Waals surface area contributed by atoms with Crippen molar-refractivity contribution in [1.29, 1.82) is 0 Å². The van der Waals surface area contributed by atoms with E-state index >= 15 is 0 Å². The molecule has 0 radical (unpaired) electrons. The molecule has 1 aromatic rings. The second kappa shape index (κ2) is 4.79. The summed E-state index contributed by atoms with van der Waals surface area (Å²) in [6, 6.07) is 1.68. The molecule has 0 saturated heterocycles. The van der Waals surface area contributed by atoms with Crippen LogP contribution < -0.4 is 11.1 Å². The van der Waals surface area contributed by atoms with Crippen LogP contribution in [0.1, 0.15) is 27.2 Å². The van der Waals surface area contributed by atoms with Crippen molar-refractivity contribution in [3.05, 3.63) is 10.7 Å². The molecule has 1 rings (SSSR count). The van der Waals surface area contributed by atoms with Crippen LogP contribution in [0.2, 0.25) is 0 Å². The van der Waals surface area contributed by atoms with Gasteiger partial charge in [0.15, 0.2) is 0 Å². The number of nitrogens with two attached hydrogens (primary N) is 1. The fourth-order valence-corrected chi connectivity index (χ4v) is 1.36. The molecule has 1 heterocycles. The number of aromatic nitrogens is 2. The molecular weight excluding hydrogens is 256 g/mol. The molecule has 0 unspecified atom stereocenters. The predicted octanol–water partition coefficient (Wildman–Crippen LogP) is 2.67. The minimum Gasteiger partial charge on any atom is -0.383 e. The highest BCUT2D eigenvalue weighted by atomic mass is 79.9. The summed E-state index contributed by atoms with van der Waals surface area (Å²) in [4.78, 5) is 8.28. The molecule has 0 aliphatic rings. The quantitative estimate of drug-likeness (QED) is 0.828. The highest BCUT2D eigenvalue weighted by Crippen LogP contribution is 2.20. The van der Waals surface area contributed by atoms with Crippen molar-refractivity contribution >= 4 is 27.7 Å². The van der Waals surface area contributed by atoms with Gasteiger partial charge in [0.1, 0.15) is 10.4 Å². The smallest absolute Gasteiger partial charge is 0.225 e. The third-order valence-corrected chi connectivity index (χ3v) is 2.80. The van der Waals surface area contributed by atoms with E-state index in [-0.39, 0.29) is 5.41 Å². The number of nitrogen functional groups attached to an aromatic ring is 1. The molecule has 5 heteroatoms. The molecule has 0 atom stereocenters. The maximum atomic E-state index is 5.61. The number of rotatable bonds is 4. The molecular formula is C10H17BrN4. The highest BCUT2D eigenvalue weighted by Gasteiger charge is 2.15. The second-order valence-electron chi connectivity index (χ2n) is 4.31. The number of nitrogens with zero attached hydrogens (tertiary/aromatic N) is 2. The number of anilines is 2. The molecule has 0 aromatic carbocycles. The first-order chi connectivity index (χ1) is 6.93. The van der Waals surface area contributed by atoms with E-state index in [4.69, 9.17) is 5.73 Å². The fourth-order valence-electron chi connectivity index (χ4n) is 0.957. The van der Waals surface area contributed by atoms with Crippen LogP contribution in [0, 0.1) is 5.41 Å². The van der Waals surface area contributed by atoms with Gasteiger partial charge in [-0.2, -0.15) is 4.98 Å². The Balaban J connectivity index is 2.65. The topological polar surface area (TPSA) is 63.8 Å². The van der Waals surface area contributed by atoms with Crippen molar-refractivity contribution in [2.45, 2.75) is 27.2 Å². The zero-order chi connectivity index (χ0) is 11.5. The molecule has 0 bridgehead atoms. The van der Waals surface area contributed by atoms with Crippen molar-refractivity contribution in [2.24, 2.45) is 5.41 Å². The molecule has 0 aliphatic carbocycles. The SMILES string of the molecule is CCC(C)(C)CNc1nc(N)cc(Br)n1. The highest BCUT2D eigenvalue weighted by molar-refractivity contribution is 9.10. The number of nitrogens with one attached hydrogen (secondary N) is 1. The Hall–Kier alpha value is -0.840. The summed E-state index contributed by atoms with van der Waals surface area (Å²) in [5.74, 6) is 1.04. The van der Waals surface area contributed by atoms with E-state index in [2.05, 4.69) is 52.0 Å². The van der Waals surface area contributed by atoms with Gasteiger partial charge in [-0.1, -0.05) is 20.8 Å². The largest absolute Gasteiger partial charge is 0.383 e. The summed E-state index contributed by atoms with van der Waals surface area (Å²) in [5.41, 5.74) is 5.85. The number of halogens is 1. The van der Waals surface area contributed by atoms with Crippen LogP contribution in [0.25, 0.3) is 0 Å². The molecule has 0 saturated carbocycles. The molecule has 0 spiro atoms. The second-order valence-corrected chi connectivity index (χ2v) is 5.12. The van der Waals surface area contributed by atoms with Gasteiger partial charge in [0.25, 0.3) is 0 Å². The van der Waals surface area contributed by atoms with Crippen LogP contribution in [-0.2, 0) is 0 Å². The van der Waals surface area contributed by atoms with Crippen molar-refractivity contribution in [3.8, 4) is 0 Å². The van der Waals surface area contributed by atoms with Gasteiger partial charge in [0, 0.05) is 12.6 Å². The molecule has 4 nitrogen and oxygen atoms in total. The van der Waals surface area contributed by atoms with Gasteiger partial charge in [-0.15, -0.1) is 0 Å². The van der Waals surface area contributed by atoms with Crippen molar-refractivity contribution in [1.82, 2.24) is 9.97 Å². The monoisotopic (exact) mass is 272 g/mol. The van der Waals surface area contributed by atoms with Crippen molar-refractivity contribution in [2.75, 3.05) is 17.6 Å². The minimum atomic E-state index is 0.237. The van der Waals surface area contributed by atoms with E-state index in [9.17, 15) is 0 Å². The molecule has 1 aromatic heterocycles. The Kier molecular flexibility index (Phi) is 3.90. The van der Waals surface area contributed by atoms with Crippen LogP contribution in [0.15, 0.2) is 10.7 Å². The average molecular weight is 273 g/mol. The molecule has 15 heavy (non-hydrogen) atoms. The van der Waals surface area contributed by atoms with Gasteiger partial charge in [-0.3, -0.25) is 0 Å². The van der Waals surface area contributed by atoms with Crippen LogP contribution >= 0.6 is 15.9 Å². The third-order valence-electron chi connectivity index (χ3n) is 2.40. The maximum Gasteiger partial charge on any atom is 0.225 e. The normalized spacial score (nSPS) is 11.5. The lowest BCUT2D eigenvalue weighted by Gasteiger charge is -2.22. The van der Waals surface area contributed by atoms with Crippen molar-refractivity contribution < 1.29 is 0 Å². The molecule has 84 valence electrons. The van der Waals surface area contributed by atoms with E-state index in [1.54, 1.807) is 6.07 Å². The van der Waals surface area contributed by atoms with Gasteiger partial charge in [0.05, 0.1) is 0 Å². The fraction of sp³-hybridized carbons (Fsp3) is 0.600. The Labute approximate surface area is 98.8 Å². The van der Waals surface area contributed by atoms with Crippen molar-refractivity contribution in [3.63, 3.8) is 0 Å². The van der Waals surface area contributed by atoms with E-state index < -0.39 is 0 Å². The lowest BCUT2D eigenvalue weighted by molar-refractivity contribution is 0.376. The van der Waals surface area contributed by atoms with Gasteiger partial charge in [-0.25, -0.2) is 4.98 Å². The van der Waals surface area contributed by atoms with Gasteiger partial charge in [-0.05, 0) is 27.8 Å². The summed E-state index contributed by atoms with van der Waals surface area (Å²) < 4.78 is 0.701. The zero-order valence-electron chi connectivity index (χ0n) is 9.34. The summed E-state index contributed by atoms with van der Waals surface area (Å²) >= 11 is 3.28.